The molecule has 2 aliphatic rings. The van der Waals surface area contributed by atoms with Crippen LogP contribution in [0.15, 0.2) is 36.7 Å². The van der Waals surface area contributed by atoms with Crippen LogP contribution in [0.25, 0.3) is 5.52 Å². The SMILES string of the molecule is CC(NC(=O)c1n[nH]c2c1CN(C(=O)c1cc3ccccn3c1)CC2)C1COC1. The summed E-state index contributed by atoms with van der Waals surface area (Å²) in [6.07, 6.45) is 4.42. The minimum atomic E-state index is -0.203. The van der Waals surface area contributed by atoms with E-state index in [4.69, 9.17) is 4.74 Å². The standard InChI is InChI=1S/C21H23N5O3/c1-13(15-11-29-12-15)22-20(27)19-17-10-26(7-5-18(17)23-24-19)21(28)14-8-16-4-2-3-6-25(16)9-14/h2-4,6,8-9,13,15H,5,7,10-12H2,1H3,(H,22,27)(H,23,24). The van der Waals surface area contributed by atoms with E-state index in [9.17, 15) is 9.59 Å². The maximum absolute atomic E-state index is 13.1. The van der Waals surface area contributed by atoms with Gasteiger partial charge in [-0.3, -0.25) is 14.7 Å². The number of hydrogen-bond donors (Lipinski definition) is 2. The Balaban J connectivity index is 1.34. The molecule has 0 spiro atoms. The van der Waals surface area contributed by atoms with Gasteiger partial charge in [0, 0.05) is 54.1 Å². The number of carbonyl (C=O) groups is 2. The van der Waals surface area contributed by atoms with E-state index in [2.05, 4.69) is 15.5 Å². The highest BCUT2D eigenvalue weighted by molar-refractivity contribution is 5.97. The van der Waals surface area contributed by atoms with Gasteiger partial charge in [-0.1, -0.05) is 6.07 Å². The lowest BCUT2D eigenvalue weighted by atomic mass is 9.99. The second kappa shape index (κ2) is 7.04. The number of aromatic amines is 1. The van der Waals surface area contributed by atoms with Crippen molar-refractivity contribution in [3.63, 3.8) is 0 Å². The van der Waals surface area contributed by atoms with E-state index >= 15 is 0 Å². The molecular weight excluding hydrogens is 370 g/mol. The van der Waals surface area contributed by atoms with Crippen molar-refractivity contribution >= 4 is 17.3 Å². The van der Waals surface area contributed by atoms with Crippen LogP contribution in [0.4, 0.5) is 0 Å². The number of carbonyl (C=O) groups excluding carboxylic acids is 2. The number of nitrogens with zero attached hydrogens (tertiary/aromatic N) is 3. The normalized spacial score (nSPS) is 17.6. The molecule has 0 aliphatic carbocycles. The second-order valence-electron chi connectivity index (χ2n) is 7.83. The topological polar surface area (TPSA) is 91.7 Å². The van der Waals surface area contributed by atoms with Crippen LogP contribution in [0.1, 0.15) is 39.0 Å². The van der Waals surface area contributed by atoms with Crippen molar-refractivity contribution in [3.8, 4) is 0 Å². The van der Waals surface area contributed by atoms with Gasteiger partial charge in [-0.15, -0.1) is 0 Å². The van der Waals surface area contributed by atoms with Crippen LogP contribution < -0.4 is 5.32 Å². The van der Waals surface area contributed by atoms with E-state index in [1.54, 1.807) is 4.90 Å². The van der Waals surface area contributed by atoms with Gasteiger partial charge in [-0.05, 0) is 25.1 Å². The Morgan fingerprint density at radius 2 is 2.21 bits per heavy atom. The fourth-order valence-corrected chi connectivity index (χ4v) is 3.95. The molecule has 1 unspecified atom stereocenters. The Morgan fingerprint density at radius 3 is 2.97 bits per heavy atom. The largest absolute Gasteiger partial charge is 0.381 e. The summed E-state index contributed by atoms with van der Waals surface area (Å²) < 4.78 is 7.14. The fourth-order valence-electron chi connectivity index (χ4n) is 3.95. The van der Waals surface area contributed by atoms with Crippen molar-refractivity contribution < 1.29 is 14.3 Å². The molecule has 0 saturated carbocycles. The molecule has 150 valence electrons. The molecule has 1 fully saturated rings. The van der Waals surface area contributed by atoms with Gasteiger partial charge in [0.2, 0.25) is 0 Å². The number of aromatic nitrogens is 3. The molecule has 8 nitrogen and oxygen atoms in total. The van der Waals surface area contributed by atoms with E-state index in [0.717, 1.165) is 16.8 Å². The molecule has 3 aromatic heterocycles. The molecule has 0 radical (unpaired) electrons. The minimum absolute atomic E-state index is 0.0266. The van der Waals surface area contributed by atoms with Crippen molar-refractivity contribution in [2.75, 3.05) is 19.8 Å². The van der Waals surface area contributed by atoms with E-state index < -0.39 is 0 Å². The zero-order chi connectivity index (χ0) is 20.0. The van der Waals surface area contributed by atoms with Gasteiger partial charge in [0.25, 0.3) is 11.8 Å². The monoisotopic (exact) mass is 393 g/mol. The van der Waals surface area contributed by atoms with Gasteiger partial charge >= 0.3 is 0 Å². The minimum Gasteiger partial charge on any atom is -0.381 e. The first kappa shape index (κ1) is 17.9. The molecule has 1 saturated heterocycles. The number of H-pyrrole nitrogens is 1. The molecule has 8 heteroatoms. The molecule has 0 aromatic carbocycles. The summed E-state index contributed by atoms with van der Waals surface area (Å²) in [4.78, 5) is 27.6. The summed E-state index contributed by atoms with van der Waals surface area (Å²) in [7, 11) is 0. The van der Waals surface area contributed by atoms with Crippen LogP contribution in [0.2, 0.25) is 0 Å². The Hall–Kier alpha value is -3.13. The number of nitrogens with one attached hydrogen (secondary N) is 2. The van der Waals surface area contributed by atoms with E-state index in [0.29, 0.717) is 49.9 Å². The van der Waals surface area contributed by atoms with Crippen LogP contribution in [0.5, 0.6) is 0 Å². The summed E-state index contributed by atoms with van der Waals surface area (Å²) in [5, 5.41) is 10.2. The maximum atomic E-state index is 13.1. The smallest absolute Gasteiger partial charge is 0.272 e. The van der Waals surface area contributed by atoms with Crippen molar-refractivity contribution in [2.45, 2.75) is 25.9 Å². The number of fused-ring (bicyclic) bond motifs is 2. The Kier molecular flexibility index (Phi) is 4.35. The molecular formula is C21H23N5O3. The molecule has 29 heavy (non-hydrogen) atoms. The average molecular weight is 393 g/mol. The van der Waals surface area contributed by atoms with Gasteiger partial charge in [0.05, 0.1) is 25.3 Å². The van der Waals surface area contributed by atoms with Crippen LogP contribution in [-0.4, -0.2) is 57.1 Å². The highest BCUT2D eigenvalue weighted by Gasteiger charge is 2.31. The molecule has 1 atom stereocenters. The Labute approximate surface area is 167 Å². The van der Waals surface area contributed by atoms with Gasteiger partial charge < -0.3 is 19.4 Å². The predicted molar refractivity (Wildman–Crippen MR) is 106 cm³/mol. The van der Waals surface area contributed by atoms with E-state index in [1.807, 2.05) is 48.0 Å². The van der Waals surface area contributed by atoms with Crippen molar-refractivity contribution in [1.29, 1.82) is 0 Å². The molecule has 0 bridgehead atoms. The number of ether oxygens (including phenoxy) is 1. The third-order valence-corrected chi connectivity index (χ3v) is 5.92. The molecule has 2 amide bonds. The second-order valence-corrected chi connectivity index (χ2v) is 7.83. The number of pyridine rings is 1. The summed E-state index contributed by atoms with van der Waals surface area (Å²) in [6, 6.07) is 7.77. The Morgan fingerprint density at radius 1 is 1.34 bits per heavy atom. The molecule has 5 rings (SSSR count). The van der Waals surface area contributed by atoms with Crippen molar-refractivity contribution in [2.24, 2.45) is 5.92 Å². The molecule has 2 N–H and O–H groups in total. The van der Waals surface area contributed by atoms with Gasteiger partial charge in [-0.2, -0.15) is 5.10 Å². The van der Waals surface area contributed by atoms with Crippen molar-refractivity contribution in [1.82, 2.24) is 24.8 Å². The highest BCUT2D eigenvalue weighted by atomic mass is 16.5. The fraction of sp³-hybridized carbons (Fsp3) is 0.381. The predicted octanol–water partition coefficient (Wildman–Crippen LogP) is 1.63. The summed E-state index contributed by atoms with van der Waals surface area (Å²) in [5.74, 6) is 0.105. The third-order valence-electron chi connectivity index (χ3n) is 5.92. The lowest BCUT2D eigenvalue weighted by Crippen LogP contribution is -2.47. The van der Waals surface area contributed by atoms with Crippen LogP contribution in [0.3, 0.4) is 0 Å². The lowest BCUT2D eigenvalue weighted by molar-refractivity contribution is -0.0453. The first-order valence-corrected chi connectivity index (χ1v) is 9.91. The third kappa shape index (κ3) is 3.19. The number of hydrogen-bond acceptors (Lipinski definition) is 4. The number of rotatable bonds is 4. The van der Waals surface area contributed by atoms with Crippen molar-refractivity contribution in [3.05, 3.63) is 59.2 Å². The van der Waals surface area contributed by atoms with Crippen LogP contribution in [0, 0.1) is 5.92 Å². The van der Waals surface area contributed by atoms with Gasteiger partial charge in [0.1, 0.15) is 0 Å². The maximum Gasteiger partial charge on any atom is 0.272 e. The lowest BCUT2D eigenvalue weighted by Gasteiger charge is -2.32. The highest BCUT2D eigenvalue weighted by Crippen LogP contribution is 2.23. The van der Waals surface area contributed by atoms with E-state index in [-0.39, 0.29) is 17.9 Å². The number of amides is 2. The van der Waals surface area contributed by atoms with E-state index in [1.165, 1.54) is 0 Å². The average Bonchev–Trinajstić information content (AvgIpc) is 3.29. The summed E-state index contributed by atoms with van der Waals surface area (Å²) in [5.41, 5.74) is 3.74. The Bertz CT molecular complexity index is 1050. The molecule has 5 heterocycles. The van der Waals surface area contributed by atoms with Crippen LogP contribution in [-0.2, 0) is 17.7 Å². The molecule has 3 aromatic rings. The quantitative estimate of drug-likeness (QED) is 0.705. The van der Waals surface area contributed by atoms with Gasteiger partial charge in [0.15, 0.2) is 5.69 Å². The zero-order valence-electron chi connectivity index (χ0n) is 16.2. The summed E-state index contributed by atoms with van der Waals surface area (Å²) in [6.45, 7) is 4.30. The zero-order valence-corrected chi connectivity index (χ0v) is 16.2. The first-order valence-electron chi connectivity index (χ1n) is 9.91. The van der Waals surface area contributed by atoms with Crippen LogP contribution >= 0.6 is 0 Å². The summed E-state index contributed by atoms with van der Waals surface area (Å²) >= 11 is 0. The first-order chi connectivity index (χ1) is 14.1. The van der Waals surface area contributed by atoms with Gasteiger partial charge in [-0.25, -0.2) is 0 Å². The molecule has 2 aliphatic heterocycles.